The van der Waals surface area contributed by atoms with Crippen molar-refractivity contribution in [3.05, 3.63) is 54.4 Å². The van der Waals surface area contributed by atoms with E-state index in [0.717, 1.165) is 5.39 Å². The second-order valence-electron chi connectivity index (χ2n) is 10.6. The number of nitrogens with zero attached hydrogens (tertiary/aromatic N) is 3. The Bertz CT molecular complexity index is 1520. The number of ether oxygens (including phenoxy) is 1. The number of aliphatic hydroxyl groups is 1. The van der Waals surface area contributed by atoms with Crippen molar-refractivity contribution in [3.8, 4) is 0 Å². The van der Waals surface area contributed by atoms with E-state index in [1.165, 1.54) is 15.4 Å². The molecule has 4 heterocycles. The lowest BCUT2D eigenvalue weighted by atomic mass is 9.97. The van der Waals surface area contributed by atoms with Gasteiger partial charge in [-0.15, -0.1) is 0 Å². The number of benzene rings is 1. The molecule has 3 N–H and O–H groups in total. The van der Waals surface area contributed by atoms with Crippen molar-refractivity contribution in [2.75, 3.05) is 18.8 Å². The van der Waals surface area contributed by atoms with Gasteiger partial charge < -0.3 is 25.4 Å². The van der Waals surface area contributed by atoms with Crippen LogP contribution in [-0.2, 0) is 29.1 Å². The number of amides is 3. The summed E-state index contributed by atoms with van der Waals surface area (Å²) in [6.45, 7) is 1.39. The fourth-order valence-corrected chi connectivity index (χ4v) is 7.18. The molecule has 2 aromatic rings. The number of aromatic nitrogens is 1. The monoisotopic (exact) mass is 599 g/mol. The van der Waals surface area contributed by atoms with Crippen molar-refractivity contribution in [2.24, 2.45) is 0 Å². The summed E-state index contributed by atoms with van der Waals surface area (Å²) < 4.78 is 32.1. The molecule has 0 bridgehead atoms. The molecule has 3 aliphatic heterocycles. The number of carbonyl (C=O) groups is 4. The van der Waals surface area contributed by atoms with Crippen LogP contribution in [-0.4, -0.2) is 101 Å². The van der Waals surface area contributed by atoms with Gasteiger partial charge in [-0.25, -0.2) is 8.42 Å². The van der Waals surface area contributed by atoms with Crippen LogP contribution >= 0.6 is 0 Å². The number of fused-ring (bicyclic) bond motifs is 2. The van der Waals surface area contributed by atoms with Crippen molar-refractivity contribution in [3.63, 3.8) is 0 Å². The van der Waals surface area contributed by atoms with Crippen molar-refractivity contribution in [2.45, 2.75) is 63.1 Å². The van der Waals surface area contributed by atoms with Gasteiger partial charge in [0.15, 0.2) is 0 Å². The highest BCUT2D eigenvalue weighted by Gasteiger charge is 2.47. The Balaban J connectivity index is 1.45. The van der Waals surface area contributed by atoms with Gasteiger partial charge in [-0.1, -0.05) is 43.3 Å². The number of hydrogen-bond acceptors (Lipinski definition) is 9. The van der Waals surface area contributed by atoms with E-state index < -0.39 is 64.2 Å². The predicted octanol–water partition coefficient (Wildman–Crippen LogP) is 0.0545. The molecule has 224 valence electrons. The molecule has 0 saturated carbocycles. The molecule has 0 aliphatic carbocycles. The normalized spacial score (nSPS) is 26.7. The number of pyridine rings is 1. The highest BCUT2D eigenvalue weighted by molar-refractivity contribution is 7.89. The van der Waals surface area contributed by atoms with Crippen LogP contribution in [0.25, 0.3) is 10.8 Å². The molecule has 2 fully saturated rings. The number of carbonyl (C=O) groups excluding carboxylic acids is 4. The van der Waals surface area contributed by atoms with Crippen molar-refractivity contribution in [1.82, 2.24) is 24.8 Å². The molecule has 0 spiro atoms. The number of piperazine rings is 1. The molecule has 3 aliphatic rings. The maximum absolute atomic E-state index is 14.1. The number of cyclic esters (lactones) is 1. The molecular formula is C28H33N5O8S. The summed E-state index contributed by atoms with van der Waals surface area (Å²) >= 11 is 0. The Morgan fingerprint density at radius 3 is 2.60 bits per heavy atom. The predicted molar refractivity (Wildman–Crippen MR) is 150 cm³/mol. The van der Waals surface area contributed by atoms with Crippen LogP contribution in [0.5, 0.6) is 0 Å². The largest absolute Gasteiger partial charge is 0.434 e. The molecule has 1 aromatic carbocycles. The van der Waals surface area contributed by atoms with Gasteiger partial charge in [0.1, 0.15) is 23.8 Å². The number of rotatable bonds is 7. The highest BCUT2D eigenvalue weighted by atomic mass is 32.2. The first-order chi connectivity index (χ1) is 20.1. The fourth-order valence-electron chi connectivity index (χ4n) is 5.64. The van der Waals surface area contributed by atoms with Gasteiger partial charge in [-0.05, 0) is 30.7 Å². The van der Waals surface area contributed by atoms with E-state index in [1.807, 2.05) is 12.1 Å². The quantitative estimate of drug-likeness (QED) is 0.293. The molecule has 2 saturated heterocycles. The minimum atomic E-state index is -3.74. The van der Waals surface area contributed by atoms with E-state index in [4.69, 9.17) is 4.74 Å². The first-order valence-corrected chi connectivity index (χ1v) is 15.5. The Morgan fingerprint density at radius 2 is 1.86 bits per heavy atom. The SMILES string of the molecule is CCCS(=O)(=O)N1C[C@@H]2CC=CC[C@H](NC(=O)c3nccc4ccccc34)C(=O)N2[C@H](C(=O)NC2CC(=O)OC2O)C1. The van der Waals surface area contributed by atoms with Gasteiger partial charge in [0.25, 0.3) is 5.91 Å². The second-order valence-corrected chi connectivity index (χ2v) is 12.7. The molecule has 0 radical (unpaired) electrons. The third kappa shape index (κ3) is 6.01. The van der Waals surface area contributed by atoms with Gasteiger partial charge in [-0.3, -0.25) is 24.2 Å². The second kappa shape index (κ2) is 12.2. The zero-order valence-corrected chi connectivity index (χ0v) is 23.8. The smallest absolute Gasteiger partial charge is 0.310 e. The van der Waals surface area contributed by atoms with Crippen LogP contribution in [0.2, 0.25) is 0 Å². The van der Waals surface area contributed by atoms with Gasteiger partial charge in [0, 0.05) is 30.7 Å². The summed E-state index contributed by atoms with van der Waals surface area (Å²) in [5.41, 5.74) is 0.146. The molecule has 13 nitrogen and oxygen atoms in total. The van der Waals surface area contributed by atoms with E-state index >= 15 is 0 Å². The highest BCUT2D eigenvalue weighted by Crippen LogP contribution is 2.26. The Labute approximate surface area is 242 Å². The molecule has 5 atom stereocenters. The number of aliphatic hydroxyl groups excluding tert-OH is 1. The van der Waals surface area contributed by atoms with Crippen molar-refractivity contribution in [1.29, 1.82) is 0 Å². The van der Waals surface area contributed by atoms with Gasteiger partial charge >= 0.3 is 5.97 Å². The summed E-state index contributed by atoms with van der Waals surface area (Å²) in [7, 11) is -3.74. The molecule has 42 heavy (non-hydrogen) atoms. The summed E-state index contributed by atoms with van der Waals surface area (Å²) in [4.78, 5) is 58.3. The average Bonchev–Trinajstić information content (AvgIpc) is 3.28. The van der Waals surface area contributed by atoms with E-state index in [-0.39, 0.29) is 43.8 Å². The van der Waals surface area contributed by atoms with Crippen LogP contribution in [0.1, 0.15) is 43.1 Å². The zero-order chi connectivity index (χ0) is 30.0. The minimum absolute atomic E-state index is 0.0264. The maximum Gasteiger partial charge on any atom is 0.310 e. The first kappa shape index (κ1) is 29.6. The van der Waals surface area contributed by atoms with E-state index in [0.29, 0.717) is 11.8 Å². The summed E-state index contributed by atoms with van der Waals surface area (Å²) in [6, 6.07) is 4.90. The molecule has 1 aromatic heterocycles. The van der Waals surface area contributed by atoms with E-state index in [1.54, 1.807) is 37.3 Å². The van der Waals surface area contributed by atoms with Crippen LogP contribution in [0.15, 0.2) is 48.7 Å². The number of sulfonamides is 1. The van der Waals surface area contributed by atoms with Crippen LogP contribution in [0.4, 0.5) is 0 Å². The van der Waals surface area contributed by atoms with E-state index in [9.17, 15) is 32.7 Å². The van der Waals surface area contributed by atoms with Crippen LogP contribution in [0, 0.1) is 0 Å². The summed E-state index contributed by atoms with van der Waals surface area (Å²) in [5, 5.41) is 16.8. The molecule has 2 unspecified atom stereocenters. The lowest BCUT2D eigenvalue weighted by molar-refractivity contribution is -0.156. The standard InChI is InChI=1S/C28H33N5O8S/c1-2-13-42(39,40)32-15-18-8-4-6-10-20(30-26(36)24-19-9-5-3-7-17(19)11-12-29-24)27(37)33(18)22(16-32)25(35)31-21-14-23(34)41-28(21)38/h3-7,9,11-12,18,20-22,28,38H,2,8,10,13-16H2,1H3,(H,30,36)(H,31,35)/t18-,20-,21?,22-,28?/m0/s1. The van der Waals surface area contributed by atoms with Crippen LogP contribution < -0.4 is 10.6 Å². The molecular weight excluding hydrogens is 566 g/mol. The summed E-state index contributed by atoms with van der Waals surface area (Å²) in [6.07, 6.45) is 4.03. The summed E-state index contributed by atoms with van der Waals surface area (Å²) in [5.74, 6) is -2.68. The number of hydrogen-bond donors (Lipinski definition) is 3. The van der Waals surface area contributed by atoms with Crippen molar-refractivity contribution >= 4 is 44.5 Å². The Morgan fingerprint density at radius 1 is 1.10 bits per heavy atom. The Kier molecular flexibility index (Phi) is 8.57. The zero-order valence-electron chi connectivity index (χ0n) is 23.0. The van der Waals surface area contributed by atoms with Gasteiger partial charge in [0.05, 0.1) is 12.2 Å². The lowest BCUT2D eigenvalue weighted by Crippen LogP contribution is -2.68. The molecule has 3 amide bonds. The maximum atomic E-state index is 14.1. The average molecular weight is 600 g/mol. The van der Waals surface area contributed by atoms with Gasteiger partial charge in [0.2, 0.25) is 28.1 Å². The third-order valence-electron chi connectivity index (χ3n) is 7.68. The minimum Gasteiger partial charge on any atom is -0.434 e. The topological polar surface area (TPSA) is 175 Å². The third-order valence-corrected chi connectivity index (χ3v) is 9.69. The molecule has 5 rings (SSSR count). The van der Waals surface area contributed by atoms with E-state index in [2.05, 4.69) is 15.6 Å². The Hall–Kier alpha value is -3.88. The van der Waals surface area contributed by atoms with Crippen LogP contribution in [0.3, 0.4) is 0 Å². The molecule has 14 heteroatoms. The number of nitrogens with one attached hydrogen (secondary N) is 2. The lowest BCUT2D eigenvalue weighted by Gasteiger charge is -2.47. The fraction of sp³-hybridized carbons (Fsp3) is 0.464. The van der Waals surface area contributed by atoms with Crippen molar-refractivity contribution < 1.29 is 37.4 Å². The first-order valence-electron chi connectivity index (χ1n) is 13.9. The van der Waals surface area contributed by atoms with Gasteiger partial charge in [-0.2, -0.15) is 4.31 Å². The number of esters is 1.